The van der Waals surface area contributed by atoms with Crippen molar-refractivity contribution in [2.24, 2.45) is 5.92 Å². The van der Waals surface area contributed by atoms with Crippen molar-refractivity contribution in [1.82, 2.24) is 15.5 Å². The van der Waals surface area contributed by atoms with Gasteiger partial charge in [0, 0.05) is 11.8 Å². The van der Waals surface area contributed by atoms with E-state index < -0.39 is 0 Å². The lowest BCUT2D eigenvalue weighted by Crippen LogP contribution is -2.41. The van der Waals surface area contributed by atoms with Crippen molar-refractivity contribution in [1.29, 1.82) is 0 Å². The van der Waals surface area contributed by atoms with Gasteiger partial charge in [0.25, 0.3) is 0 Å². The molecule has 7 heteroatoms. The second-order valence-corrected chi connectivity index (χ2v) is 9.23. The zero-order chi connectivity index (χ0) is 15.9. The maximum Gasteiger partial charge on any atom is 0.230 e. The first-order valence-corrected chi connectivity index (χ1v) is 10.4. The molecule has 1 saturated carbocycles. The highest BCUT2D eigenvalue weighted by molar-refractivity contribution is 8.03. The summed E-state index contributed by atoms with van der Waals surface area (Å²) < 4.78 is 1.79. The van der Waals surface area contributed by atoms with E-state index in [0.29, 0.717) is 17.7 Å². The summed E-state index contributed by atoms with van der Waals surface area (Å²) in [7, 11) is 0. The van der Waals surface area contributed by atoms with Crippen LogP contribution in [0.3, 0.4) is 0 Å². The van der Waals surface area contributed by atoms with E-state index >= 15 is 0 Å². The van der Waals surface area contributed by atoms with E-state index in [1.165, 1.54) is 31.0 Å². The molecule has 1 aliphatic rings. The molecule has 0 radical (unpaired) electrons. The molecule has 1 aliphatic carbocycles. The molecule has 1 fully saturated rings. The molecule has 122 valence electrons. The highest BCUT2D eigenvalue weighted by Gasteiger charge is 2.22. The molecule has 2 atom stereocenters. The van der Waals surface area contributed by atoms with Crippen LogP contribution in [-0.2, 0) is 4.79 Å². The van der Waals surface area contributed by atoms with E-state index in [-0.39, 0.29) is 5.91 Å². The Morgan fingerprint density at radius 3 is 2.55 bits per heavy atom. The predicted molar refractivity (Wildman–Crippen MR) is 95.7 cm³/mol. The largest absolute Gasteiger partial charge is 0.352 e. The van der Waals surface area contributed by atoms with Gasteiger partial charge in [-0.1, -0.05) is 66.8 Å². The van der Waals surface area contributed by atoms with Gasteiger partial charge in [0.1, 0.15) is 0 Å². The average molecular weight is 358 g/mol. The molecule has 0 aromatic carbocycles. The summed E-state index contributed by atoms with van der Waals surface area (Å²) in [6, 6.07) is 0.345. The third-order valence-corrected chi connectivity index (χ3v) is 7.04. The van der Waals surface area contributed by atoms with Gasteiger partial charge in [-0.3, -0.25) is 4.79 Å². The maximum atomic E-state index is 12.1. The molecule has 0 spiro atoms. The summed E-state index contributed by atoms with van der Waals surface area (Å²) in [5, 5.41) is 11.4. The minimum Gasteiger partial charge on any atom is -0.352 e. The van der Waals surface area contributed by atoms with Crippen LogP contribution in [0.1, 0.15) is 39.5 Å². The van der Waals surface area contributed by atoms with Gasteiger partial charge in [0.05, 0.1) is 5.75 Å². The van der Waals surface area contributed by atoms with Crippen LogP contribution in [0, 0.1) is 5.92 Å². The van der Waals surface area contributed by atoms with Crippen LogP contribution < -0.4 is 5.32 Å². The molecule has 0 unspecified atom stereocenters. The maximum absolute atomic E-state index is 12.1. The Bertz CT molecular complexity index is 518. The number of nitrogens with one attached hydrogen (secondary N) is 1. The third-order valence-electron chi connectivity index (χ3n) is 3.61. The Hall–Kier alpha value is -0.530. The van der Waals surface area contributed by atoms with Gasteiger partial charge in [-0.2, -0.15) is 0 Å². The van der Waals surface area contributed by atoms with Crippen molar-refractivity contribution in [3.05, 3.63) is 12.2 Å². The Balaban J connectivity index is 1.72. The minimum atomic E-state index is 0.107. The first kappa shape index (κ1) is 17.8. The molecule has 1 amide bonds. The van der Waals surface area contributed by atoms with Crippen LogP contribution in [0.15, 0.2) is 20.8 Å². The summed E-state index contributed by atoms with van der Waals surface area (Å²) in [4.78, 5) is 12.1. The SMILES string of the molecule is C=C(C)CSc1nnc(SCC(=O)N[C@H]2CCCC[C@@H]2C)s1. The standard InChI is InChI=1S/C15H23N3OS3/c1-10(2)8-20-14-17-18-15(22-14)21-9-13(19)16-12-7-5-4-6-11(12)3/h11-12H,1,4-9H2,2-3H3,(H,16,19)/t11-,12-/m0/s1. The second-order valence-electron chi connectivity index (χ2n) is 5.80. The first-order chi connectivity index (χ1) is 10.5. The lowest BCUT2D eigenvalue weighted by Gasteiger charge is -2.29. The second kappa shape index (κ2) is 8.93. The summed E-state index contributed by atoms with van der Waals surface area (Å²) in [6.07, 6.45) is 4.84. The fourth-order valence-electron chi connectivity index (χ4n) is 2.41. The smallest absolute Gasteiger partial charge is 0.230 e. The van der Waals surface area contributed by atoms with E-state index in [4.69, 9.17) is 0 Å². The van der Waals surface area contributed by atoms with Crippen LogP contribution in [0.2, 0.25) is 0 Å². The van der Waals surface area contributed by atoms with Crippen LogP contribution in [0.25, 0.3) is 0 Å². The zero-order valence-corrected chi connectivity index (χ0v) is 15.6. The molecule has 1 heterocycles. The van der Waals surface area contributed by atoms with Crippen LogP contribution in [0.4, 0.5) is 0 Å². The molecule has 2 rings (SSSR count). The average Bonchev–Trinajstić information content (AvgIpc) is 2.93. The summed E-state index contributed by atoms with van der Waals surface area (Å²) in [5.41, 5.74) is 1.12. The van der Waals surface area contributed by atoms with E-state index in [1.54, 1.807) is 23.1 Å². The monoisotopic (exact) mass is 357 g/mol. The van der Waals surface area contributed by atoms with E-state index in [0.717, 1.165) is 26.4 Å². The molecule has 1 N–H and O–H groups in total. The number of carbonyl (C=O) groups excluding carboxylic acids is 1. The predicted octanol–water partition coefficient (Wildman–Crippen LogP) is 3.99. The number of nitrogens with zero attached hydrogens (tertiary/aromatic N) is 2. The Labute approximate surface area is 144 Å². The topological polar surface area (TPSA) is 54.9 Å². The van der Waals surface area contributed by atoms with Crippen molar-refractivity contribution in [3.8, 4) is 0 Å². The highest BCUT2D eigenvalue weighted by atomic mass is 32.2. The Morgan fingerprint density at radius 1 is 1.27 bits per heavy atom. The van der Waals surface area contributed by atoms with Gasteiger partial charge in [0.2, 0.25) is 5.91 Å². The fraction of sp³-hybridized carbons (Fsp3) is 0.667. The molecule has 1 aromatic heterocycles. The quantitative estimate of drug-likeness (QED) is 0.590. The molecule has 1 aromatic rings. The first-order valence-electron chi connectivity index (χ1n) is 7.57. The van der Waals surface area contributed by atoms with Gasteiger partial charge in [-0.25, -0.2) is 0 Å². The van der Waals surface area contributed by atoms with Crippen molar-refractivity contribution in [2.45, 2.75) is 54.3 Å². The molecule has 0 bridgehead atoms. The number of carbonyl (C=O) groups is 1. The summed E-state index contributed by atoms with van der Waals surface area (Å²) >= 11 is 4.66. The number of hydrogen-bond donors (Lipinski definition) is 1. The fourth-order valence-corrected chi connectivity index (χ4v) is 5.08. The third kappa shape index (κ3) is 5.93. The molecule has 22 heavy (non-hydrogen) atoms. The number of rotatable bonds is 7. The van der Waals surface area contributed by atoms with Gasteiger partial charge < -0.3 is 5.32 Å². The molecular formula is C15H23N3OS3. The van der Waals surface area contributed by atoms with Gasteiger partial charge in [-0.15, -0.1) is 10.2 Å². The number of aromatic nitrogens is 2. The Kier molecular flexibility index (Phi) is 7.24. The van der Waals surface area contributed by atoms with E-state index in [9.17, 15) is 4.79 Å². The molecular weight excluding hydrogens is 334 g/mol. The number of hydrogen-bond acceptors (Lipinski definition) is 6. The van der Waals surface area contributed by atoms with Crippen molar-refractivity contribution in [2.75, 3.05) is 11.5 Å². The molecule has 0 aliphatic heterocycles. The molecule has 4 nitrogen and oxygen atoms in total. The van der Waals surface area contributed by atoms with E-state index in [1.807, 2.05) is 6.92 Å². The highest BCUT2D eigenvalue weighted by Crippen LogP contribution is 2.29. The normalized spacial score (nSPS) is 21.5. The van der Waals surface area contributed by atoms with E-state index in [2.05, 4.69) is 29.0 Å². The minimum absolute atomic E-state index is 0.107. The van der Waals surface area contributed by atoms with Gasteiger partial charge in [0.15, 0.2) is 8.68 Å². The summed E-state index contributed by atoms with van der Waals surface area (Å²) in [5.74, 6) is 1.98. The number of thioether (sulfide) groups is 2. The van der Waals surface area contributed by atoms with Crippen molar-refractivity contribution in [3.63, 3.8) is 0 Å². The van der Waals surface area contributed by atoms with Crippen LogP contribution >= 0.6 is 34.9 Å². The van der Waals surface area contributed by atoms with Crippen LogP contribution in [0.5, 0.6) is 0 Å². The molecule has 0 saturated heterocycles. The van der Waals surface area contributed by atoms with Gasteiger partial charge in [-0.05, 0) is 25.7 Å². The summed E-state index contributed by atoms with van der Waals surface area (Å²) in [6.45, 7) is 8.11. The lowest BCUT2D eigenvalue weighted by atomic mass is 9.86. The lowest BCUT2D eigenvalue weighted by molar-refractivity contribution is -0.119. The zero-order valence-electron chi connectivity index (χ0n) is 13.1. The number of amides is 1. The van der Waals surface area contributed by atoms with Crippen molar-refractivity contribution < 1.29 is 4.79 Å². The van der Waals surface area contributed by atoms with Gasteiger partial charge >= 0.3 is 0 Å². The van der Waals surface area contributed by atoms with Crippen molar-refractivity contribution >= 4 is 40.8 Å². The van der Waals surface area contributed by atoms with Crippen LogP contribution in [-0.4, -0.2) is 33.7 Å². The Morgan fingerprint density at radius 2 is 1.91 bits per heavy atom.